The third kappa shape index (κ3) is 4.15. The van der Waals surface area contributed by atoms with Crippen LogP contribution in [0, 0.1) is 5.92 Å². The molecule has 3 unspecified atom stereocenters. The average Bonchev–Trinajstić information content (AvgIpc) is 3.25. The molecule has 1 aliphatic carbocycles. The van der Waals surface area contributed by atoms with E-state index in [2.05, 4.69) is 33.4 Å². The van der Waals surface area contributed by atoms with Crippen LogP contribution < -0.4 is 5.32 Å². The largest absolute Gasteiger partial charge is 0.508 e. The van der Waals surface area contributed by atoms with Crippen LogP contribution in [0.1, 0.15) is 56.2 Å². The zero-order chi connectivity index (χ0) is 22.2. The number of allylic oxidation sites excluding steroid dienone is 2. The van der Waals surface area contributed by atoms with Crippen LogP contribution in [0.25, 0.3) is 0 Å². The molecular weight excluding hydrogens is 476 g/mol. The number of halogens is 1. The Morgan fingerprint density at radius 3 is 2.55 bits per heavy atom. The lowest BCUT2D eigenvalue weighted by Crippen LogP contribution is -2.33. The monoisotopic (exact) mass is 504 g/mol. The van der Waals surface area contributed by atoms with E-state index >= 15 is 0 Å². The van der Waals surface area contributed by atoms with E-state index in [-0.39, 0.29) is 23.6 Å². The second-order valence-electron chi connectivity index (χ2n) is 8.33. The number of hydrogen-bond acceptors (Lipinski definition) is 4. The van der Waals surface area contributed by atoms with Gasteiger partial charge in [-0.3, -0.25) is 0 Å². The smallest absolute Gasteiger partial charge is 0.243 e. The highest BCUT2D eigenvalue weighted by Crippen LogP contribution is 2.51. The van der Waals surface area contributed by atoms with Crippen molar-refractivity contribution in [1.82, 2.24) is 4.31 Å². The van der Waals surface area contributed by atoms with Crippen molar-refractivity contribution in [3.8, 4) is 5.75 Å². The number of anilines is 1. The highest BCUT2D eigenvalue weighted by atomic mass is 79.9. The van der Waals surface area contributed by atoms with Gasteiger partial charge in [0.1, 0.15) is 5.75 Å². The van der Waals surface area contributed by atoms with E-state index in [9.17, 15) is 13.5 Å². The van der Waals surface area contributed by atoms with Crippen LogP contribution in [-0.4, -0.2) is 30.9 Å². The average molecular weight is 505 g/mol. The molecule has 2 aliphatic rings. The fourth-order valence-corrected chi connectivity index (χ4v) is 6.85. The molecule has 0 aromatic heterocycles. The van der Waals surface area contributed by atoms with Gasteiger partial charge in [-0.25, -0.2) is 8.42 Å². The quantitative estimate of drug-likeness (QED) is 0.468. The summed E-state index contributed by atoms with van der Waals surface area (Å²) < 4.78 is 29.1. The molecule has 7 heteroatoms. The Balaban J connectivity index is 1.73. The number of nitrogens with one attached hydrogen (secondary N) is 1. The molecule has 0 spiro atoms. The minimum Gasteiger partial charge on any atom is -0.508 e. The van der Waals surface area contributed by atoms with Gasteiger partial charge in [0, 0.05) is 34.7 Å². The molecular formula is C24H29BrN2O3S. The van der Waals surface area contributed by atoms with Gasteiger partial charge < -0.3 is 10.4 Å². The first-order valence-electron chi connectivity index (χ1n) is 10.9. The summed E-state index contributed by atoms with van der Waals surface area (Å²) in [5.41, 5.74) is 2.79. The summed E-state index contributed by atoms with van der Waals surface area (Å²) in [6, 6.07) is 10.9. The maximum Gasteiger partial charge on any atom is 0.243 e. The van der Waals surface area contributed by atoms with E-state index in [1.165, 1.54) is 0 Å². The van der Waals surface area contributed by atoms with E-state index in [1.54, 1.807) is 16.4 Å². The molecule has 3 atom stereocenters. The topological polar surface area (TPSA) is 69.6 Å². The Morgan fingerprint density at radius 2 is 1.84 bits per heavy atom. The Labute approximate surface area is 193 Å². The van der Waals surface area contributed by atoms with Gasteiger partial charge in [0.2, 0.25) is 10.0 Å². The molecule has 31 heavy (non-hydrogen) atoms. The van der Waals surface area contributed by atoms with Crippen molar-refractivity contribution in [2.24, 2.45) is 5.92 Å². The molecule has 2 N–H and O–H groups in total. The number of hydrogen-bond donors (Lipinski definition) is 2. The van der Waals surface area contributed by atoms with Crippen molar-refractivity contribution < 1.29 is 13.5 Å². The molecule has 0 amide bonds. The maximum atomic E-state index is 13.3. The van der Waals surface area contributed by atoms with E-state index in [1.807, 2.05) is 38.1 Å². The summed E-state index contributed by atoms with van der Waals surface area (Å²) >= 11 is 3.51. The fourth-order valence-electron chi connectivity index (χ4n) is 4.82. The van der Waals surface area contributed by atoms with E-state index < -0.39 is 10.0 Å². The van der Waals surface area contributed by atoms with Crippen LogP contribution in [0.2, 0.25) is 0 Å². The van der Waals surface area contributed by atoms with Crippen molar-refractivity contribution in [3.05, 3.63) is 64.1 Å². The van der Waals surface area contributed by atoms with Crippen LogP contribution in [0.15, 0.2) is 57.9 Å². The molecule has 0 saturated heterocycles. The number of aromatic hydroxyl groups is 1. The Kier molecular flexibility index (Phi) is 6.47. The zero-order valence-corrected chi connectivity index (χ0v) is 20.3. The van der Waals surface area contributed by atoms with Gasteiger partial charge in [-0.05, 0) is 67.1 Å². The van der Waals surface area contributed by atoms with Crippen LogP contribution >= 0.6 is 15.9 Å². The van der Waals surface area contributed by atoms with Crippen molar-refractivity contribution in [1.29, 1.82) is 0 Å². The summed E-state index contributed by atoms with van der Waals surface area (Å²) in [6.07, 6.45) is 6.80. The second kappa shape index (κ2) is 8.96. The van der Waals surface area contributed by atoms with Crippen LogP contribution in [0.3, 0.4) is 0 Å². The maximum absolute atomic E-state index is 13.3. The van der Waals surface area contributed by atoms with Gasteiger partial charge in [-0.2, -0.15) is 4.31 Å². The normalized spacial score (nSPS) is 22.3. The van der Waals surface area contributed by atoms with Crippen molar-refractivity contribution >= 4 is 31.6 Å². The first-order valence-corrected chi connectivity index (χ1v) is 13.2. The van der Waals surface area contributed by atoms with Gasteiger partial charge in [-0.1, -0.05) is 41.9 Å². The van der Waals surface area contributed by atoms with E-state index in [0.717, 1.165) is 40.5 Å². The molecule has 2 aromatic rings. The van der Waals surface area contributed by atoms with E-state index in [0.29, 0.717) is 18.0 Å². The molecule has 1 heterocycles. The molecule has 1 aliphatic heterocycles. The summed E-state index contributed by atoms with van der Waals surface area (Å²) in [4.78, 5) is 0.359. The third-order valence-electron chi connectivity index (χ3n) is 6.24. The number of rotatable bonds is 7. The standard InChI is InChI=1S/C24H29BrN2O3S/c1-3-12-27(13-4-2)31(29,30)17-9-10-22-20(15-17)18-6-5-7-19(18)24(26-22)21-14-16(25)8-11-23(21)28/h5-6,8-11,14-15,18-19,24,26,28H,3-4,7,12-13H2,1-2H3. The lowest BCUT2D eigenvalue weighted by Gasteiger charge is -2.38. The fraction of sp³-hybridized carbons (Fsp3) is 0.417. The molecule has 4 rings (SSSR count). The van der Waals surface area contributed by atoms with Crippen molar-refractivity contribution in [2.75, 3.05) is 18.4 Å². The minimum absolute atomic E-state index is 0.0517. The first kappa shape index (κ1) is 22.4. The van der Waals surface area contributed by atoms with Gasteiger partial charge in [0.15, 0.2) is 0 Å². The van der Waals surface area contributed by atoms with Gasteiger partial charge >= 0.3 is 0 Å². The van der Waals surface area contributed by atoms with Crippen LogP contribution in [0.5, 0.6) is 5.75 Å². The summed E-state index contributed by atoms with van der Waals surface area (Å²) in [6.45, 7) is 5.06. The summed E-state index contributed by atoms with van der Waals surface area (Å²) in [7, 11) is -3.53. The number of benzene rings is 2. The zero-order valence-electron chi connectivity index (χ0n) is 17.9. The summed E-state index contributed by atoms with van der Waals surface area (Å²) in [5.74, 6) is 0.595. The number of sulfonamides is 1. The number of phenolic OH excluding ortho intramolecular Hbond substituents is 1. The molecule has 5 nitrogen and oxygen atoms in total. The van der Waals surface area contributed by atoms with Crippen molar-refractivity contribution in [2.45, 2.75) is 50.0 Å². The highest BCUT2D eigenvalue weighted by molar-refractivity contribution is 9.10. The third-order valence-corrected chi connectivity index (χ3v) is 8.63. The van der Waals surface area contributed by atoms with Gasteiger partial charge in [0.25, 0.3) is 0 Å². The highest BCUT2D eigenvalue weighted by Gasteiger charge is 2.39. The summed E-state index contributed by atoms with van der Waals surface area (Å²) in [5, 5.41) is 14.1. The molecule has 0 bridgehead atoms. The number of fused-ring (bicyclic) bond motifs is 3. The second-order valence-corrected chi connectivity index (χ2v) is 11.2. The molecule has 0 radical (unpaired) electrons. The van der Waals surface area contributed by atoms with Crippen LogP contribution in [0.4, 0.5) is 5.69 Å². The molecule has 166 valence electrons. The minimum atomic E-state index is -3.53. The Bertz CT molecular complexity index is 1090. The predicted octanol–water partition coefficient (Wildman–Crippen LogP) is 5.79. The Morgan fingerprint density at radius 1 is 1.10 bits per heavy atom. The van der Waals surface area contributed by atoms with Gasteiger partial charge in [-0.15, -0.1) is 0 Å². The molecule has 0 fully saturated rings. The predicted molar refractivity (Wildman–Crippen MR) is 128 cm³/mol. The first-order chi connectivity index (χ1) is 14.9. The Hall–Kier alpha value is -1.83. The van der Waals surface area contributed by atoms with E-state index in [4.69, 9.17) is 0 Å². The lowest BCUT2D eigenvalue weighted by molar-refractivity contribution is 0.400. The lowest BCUT2D eigenvalue weighted by atomic mass is 9.77. The molecule has 0 saturated carbocycles. The van der Waals surface area contributed by atoms with Crippen molar-refractivity contribution in [3.63, 3.8) is 0 Å². The number of phenols is 1. The number of nitrogens with zero attached hydrogens (tertiary/aromatic N) is 1. The van der Waals surface area contributed by atoms with Crippen LogP contribution in [-0.2, 0) is 10.0 Å². The SMILES string of the molecule is CCCN(CCC)S(=O)(=O)c1ccc2c(c1)C1C=CCC1C(c1cc(Br)ccc1O)N2. The molecule has 2 aromatic carbocycles. The van der Waals surface area contributed by atoms with Gasteiger partial charge in [0.05, 0.1) is 10.9 Å².